The Kier molecular flexibility index (Phi) is 7.27. The van der Waals surface area contributed by atoms with Crippen molar-refractivity contribution in [1.82, 2.24) is 5.32 Å². The molecule has 0 bridgehead atoms. The minimum absolute atomic E-state index is 0.0629. The molecule has 0 fully saturated rings. The fraction of sp³-hybridized carbons (Fsp3) is 0.235. The van der Waals surface area contributed by atoms with Gasteiger partial charge in [0.2, 0.25) is 0 Å². The number of carbonyl (C=O) groups is 1. The zero-order valence-electron chi connectivity index (χ0n) is 13.5. The molecule has 132 valence electrons. The van der Waals surface area contributed by atoms with Crippen molar-refractivity contribution in [2.24, 2.45) is 0 Å². The summed E-state index contributed by atoms with van der Waals surface area (Å²) in [7, 11) is 0. The Morgan fingerprint density at radius 2 is 1.96 bits per heavy atom. The van der Waals surface area contributed by atoms with Crippen molar-refractivity contribution in [3.63, 3.8) is 0 Å². The van der Waals surface area contributed by atoms with Crippen LogP contribution in [0.4, 0.5) is 10.1 Å². The zero-order chi connectivity index (χ0) is 18.2. The van der Waals surface area contributed by atoms with Gasteiger partial charge in [0.05, 0.1) is 9.82 Å². The molecule has 0 saturated heterocycles. The molecule has 1 amide bonds. The summed E-state index contributed by atoms with van der Waals surface area (Å²) in [5, 5.41) is 13.8. The van der Waals surface area contributed by atoms with E-state index >= 15 is 0 Å². The van der Waals surface area contributed by atoms with E-state index in [-0.39, 0.29) is 23.0 Å². The van der Waals surface area contributed by atoms with Crippen molar-refractivity contribution in [3.8, 4) is 0 Å². The molecule has 2 aromatic carbocycles. The lowest BCUT2D eigenvalue weighted by Crippen LogP contribution is -2.24. The first kappa shape index (κ1) is 19.3. The second-order valence-corrected chi connectivity index (χ2v) is 7.07. The van der Waals surface area contributed by atoms with Gasteiger partial charge < -0.3 is 5.32 Å². The van der Waals surface area contributed by atoms with Crippen molar-refractivity contribution in [3.05, 3.63) is 64.0 Å². The highest BCUT2D eigenvalue weighted by Crippen LogP contribution is 2.28. The molecule has 2 aromatic rings. The van der Waals surface area contributed by atoms with E-state index in [0.29, 0.717) is 11.4 Å². The van der Waals surface area contributed by atoms with Crippen LogP contribution in [0.1, 0.15) is 16.8 Å². The quantitative estimate of drug-likeness (QED) is 0.319. The fourth-order valence-corrected chi connectivity index (χ4v) is 3.47. The van der Waals surface area contributed by atoms with E-state index < -0.39 is 4.92 Å². The molecule has 0 saturated carbocycles. The summed E-state index contributed by atoms with van der Waals surface area (Å²) < 4.78 is 12.8. The van der Waals surface area contributed by atoms with Crippen LogP contribution in [0.5, 0.6) is 0 Å². The lowest BCUT2D eigenvalue weighted by molar-refractivity contribution is -0.387. The van der Waals surface area contributed by atoms with E-state index in [1.807, 2.05) is 0 Å². The summed E-state index contributed by atoms with van der Waals surface area (Å²) in [4.78, 5) is 24.2. The molecular formula is C17H17FN2O3S2. The number of nitrogens with one attached hydrogen (secondary N) is 1. The number of hydrogen-bond acceptors (Lipinski definition) is 5. The average Bonchev–Trinajstić information content (AvgIpc) is 2.62. The highest BCUT2D eigenvalue weighted by atomic mass is 32.2. The molecule has 25 heavy (non-hydrogen) atoms. The molecular weight excluding hydrogens is 363 g/mol. The zero-order valence-corrected chi connectivity index (χ0v) is 15.2. The van der Waals surface area contributed by atoms with Gasteiger partial charge in [-0.15, -0.1) is 23.5 Å². The summed E-state index contributed by atoms with van der Waals surface area (Å²) in [5.74, 6) is 0.179. The normalized spacial score (nSPS) is 10.5. The van der Waals surface area contributed by atoms with Crippen LogP contribution in [-0.4, -0.2) is 29.4 Å². The molecule has 8 heteroatoms. The van der Waals surface area contributed by atoms with Gasteiger partial charge in [-0.05, 0) is 54.8 Å². The largest absolute Gasteiger partial charge is 0.352 e. The maximum absolute atomic E-state index is 12.8. The first-order chi connectivity index (χ1) is 12.0. The number of hydrogen-bond donors (Lipinski definition) is 1. The molecule has 5 nitrogen and oxygen atoms in total. The summed E-state index contributed by atoms with van der Waals surface area (Å²) in [5.41, 5.74) is 0.211. The van der Waals surface area contributed by atoms with Gasteiger partial charge in [-0.25, -0.2) is 4.39 Å². The summed E-state index contributed by atoms with van der Waals surface area (Å²) >= 11 is 2.85. The van der Waals surface area contributed by atoms with Gasteiger partial charge in [0.25, 0.3) is 11.6 Å². The lowest BCUT2D eigenvalue weighted by Gasteiger charge is -2.07. The van der Waals surface area contributed by atoms with E-state index in [0.717, 1.165) is 17.1 Å². The Bertz CT molecular complexity index is 754. The monoisotopic (exact) mass is 380 g/mol. The number of nitro groups is 1. The minimum atomic E-state index is -0.484. The number of halogens is 1. The lowest BCUT2D eigenvalue weighted by atomic mass is 10.2. The number of rotatable bonds is 8. The van der Waals surface area contributed by atoms with E-state index in [1.165, 1.54) is 30.0 Å². The van der Waals surface area contributed by atoms with Crippen molar-refractivity contribution in [2.75, 3.05) is 18.6 Å². The van der Waals surface area contributed by atoms with Crippen LogP contribution < -0.4 is 5.32 Å². The molecule has 0 unspecified atom stereocenters. The Hall–Kier alpha value is -2.06. The molecule has 0 aromatic heterocycles. The maximum Gasteiger partial charge on any atom is 0.283 e. The number of amides is 1. The van der Waals surface area contributed by atoms with E-state index in [2.05, 4.69) is 5.32 Å². The van der Waals surface area contributed by atoms with Gasteiger partial charge in [0.15, 0.2) is 0 Å². The number of thioether (sulfide) groups is 2. The van der Waals surface area contributed by atoms with E-state index in [9.17, 15) is 19.3 Å². The molecule has 0 radical (unpaired) electrons. The molecule has 0 aliphatic carbocycles. The van der Waals surface area contributed by atoms with E-state index in [1.54, 1.807) is 42.3 Å². The number of nitro benzene ring substituents is 1. The SMILES string of the molecule is CSc1ccc(C(=O)NCCCSc2ccc(F)cc2)cc1[N+](=O)[O-]. The molecule has 2 rings (SSSR count). The van der Waals surface area contributed by atoms with Crippen LogP contribution in [0, 0.1) is 15.9 Å². The van der Waals surface area contributed by atoms with Crippen LogP contribution in [0.25, 0.3) is 0 Å². The van der Waals surface area contributed by atoms with E-state index in [4.69, 9.17) is 0 Å². The van der Waals surface area contributed by atoms with Crippen molar-refractivity contribution in [2.45, 2.75) is 16.2 Å². The standard InChI is InChI=1S/C17H17FN2O3S2/c1-24-16-8-3-12(11-15(16)20(22)23)17(21)19-9-2-10-25-14-6-4-13(18)5-7-14/h3-8,11H,2,9-10H2,1H3,(H,19,21). The topological polar surface area (TPSA) is 72.2 Å². The van der Waals surface area contributed by atoms with Gasteiger partial charge in [-0.3, -0.25) is 14.9 Å². The van der Waals surface area contributed by atoms with Crippen LogP contribution in [-0.2, 0) is 0 Å². The fourth-order valence-electron chi connectivity index (χ4n) is 2.07. The molecule has 0 atom stereocenters. The second kappa shape index (κ2) is 9.43. The Balaban J connectivity index is 1.81. The summed E-state index contributed by atoms with van der Waals surface area (Å²) in [6, 6.07) is 10.7. The highest BCUT2D eigenvalue weighted by Gasteiger charge is 2.16. The van der Waals surface area contributed by atoms with Crippen molar-refractivity contribution < 1.29 is 14.1 Å². The maximum atomic E-state index is 12.8. The van der Waals surface area contributed by atoms with Crippen LogP contribution in [0.2, 0.25) is 0 Å². The molecule has 0 aliphatic heterocycles. The number of benzene rings is 2. The van der Waals surface area contributed by atoms with Gasteiger partial charge in [0, 0.05) is 23.1 Å². The minimum Gasteiger partial charge on any atom is -0.352 e. The highest BCUT2D eigenvalue weighted by molar-refractivity contribution is 7.99. The van der Waals surface area contributed by atoms with Gasteiger partial charge in [0.1, 0.15) is 5.82 Å². The predicted octanol–water partition coefficient (Wildman–Crippen LogP) is 4.37. The third-order valence-corrected chi connectivity index (χ3v) is 5.21. The Labute approximate surface area is 153 Å². The first-order valence-electron chi connectivity index (χ1n) is 7.50. The van der Waals surface area contributed by atoms with Gasteiger partial charge in [-0.1, -0.05) is 0 Å². The van der Waals surface area contributed by atoms with Crippen molar-refractivity contribution >= 4 is 35.1 Å². The summed E-state index contributed by atoms with van der Waals surface area (Å²) in [6.45, 7) is 0.463. The third-order valence-electron chi connectivity index (χ3n) is 3.33. The van der Waals surface area contributed by atoms with Crippen LogP contribution in [0.3, 0.4) is 0 Å². The smallest absolute Gasteiger partial charge is 0.283 e. The molecule has 0 heterocycles. The molecule has 1 N–H and O–H groups in total. The predicted molar refractivity (Wildman–Crippen MR) is 99.0 cm³/mol. The summed E-state index contributed by atoms with van der Waals surface area (Å²) in [6.07, 6.45) is 2.49. The van der Waals surface area contributed by atoms with Crippen LogP contribution in [0.15, 0.2) is 52.3 Å². The molecule has 0 aliphatic rings. The average molecular weight is 380 g/mol. The number of carbonyl (C=O) groups excluding carboxylic acids is 1. The number of nitrogens with zero attached hydrogens (tertiary/aromatic N) is 1. The Morgan fingerprint density at radius 3 is 2.60 bits per heavy atom. The van der Waals surface area contributed by atoms with Gasteiger partial charge >= 0.3 is 0 Å². The second-order valence-electron chi connectivity index (χ2n) is 5.06. The van der Waals surface area contributed by atoms with Crippen molar-refractivity contribution in [1.29, 1.82) is 0 Å². The Morgan fingerprint density at radius 1 is 1.24 bits per heavy atom. The van der Waals surface area contributed by atoms with Crippen LogP contribution >= 0.6 is 23.5 Å². The third kappa shape index (κ3) is 5.75. The van der Waals surface area contributed by atoms with Gasteiger partial charge in [-0.2, -0.15) is 0 Å². The first-order valence-corrected chi connectivity index (χ1v) is 9.71. The molecule has 0 spiro atoms.